The van der Waals surface area contributed by atoms with Crippen molar-refractivity contribution in [1.82, 2.24) is 9.97 Å². The fraction of sp³-hybridized carbons (Fsp3) is 0.692. The topological polar surface area (TPSA) is 72.7 Å². The molecule has 0 saturated carbocycles. The fourth-order valence-corrected chi connectivity index (χ4v) is 2.34. The molecule has 1 aliphatic heterocycles. The Balaban J connectivity index is 2.12. The Morgan fingerprint density at radius 1 is 1.11 bits per heavy atom. The summed E-state index contributed by atoms with van der Waals surface area (Å²) in [6, 6.07) is 1.92. The molecule has 0 radical (unpaired) electrons. The molecule has 6 nitrogen and oxygen atoms in total. The summed E-state index contributed by atoms with van der Waals surface area (Å²) in [5, 5.41) is 18.1. The van der Waals surface area contributed by atoms with Gasteiger partial charge in [0.15, 0.2) is 0 Å². The zero-order valence-electron chi connectivity index (χ0n) is 11.2. The third-order valence-corrected chi connectivity index (χ3v) is 3.33. The van der Waals surface area contributed by atoms with Gasteiger partial charge in [-0.1, -0.05) is 0 Å². The molecule has 106 valence electrons. The molecule has 1 fully saturated rings. The van der Waals surface area contributed by atoms with Crippen LogP contribution in [0.15, 0.2) is 12.3 Å². The normalized spacial score (nSPS) is 15.6. The smallest absolute Gasteiger partial charge is 0.227 e. The van der Waals surface area contributed by atoms with Crippen molar-refractivity contribution in [2.75, 3.05) is 49.2 Å². The molecule has 0 aliphatic carbocycles. The molecule has 6 heteroatoms. The summed E-state index contributed by atoms with van der Waals surface area (Å²) in [6.07, 6.45) is 5.44. The van der Waals surface area contributed by atoms with Gasteiger partial charge in [-0.05, 0) is 25.3 Å². The van der Waals surface area contributed by atoms with E-state index in [0.717, 1.165) is 18.9 Å². The highest BCUT2D eigenvalue weighted by Crippen LogP contribution is 2.19. The van der Waals surface area contributed by atoms with Crippen LogP contribution in [0.1, 0.15) is 19.3 Å². The summed E-state index contributed by atoms with van der Waals surface area (Å²) < 4.78 is 0. The Morgan fingerprint density at radius 3 is 2.42 bits per heavy atom. The highest BCUT2D eigenvalue weighted by Gasteiger charge is 2.15. The Morgan fingerprint density at radius 2 is 1.79 bits per heavy atom. The van der Waals surface area contributed by atoms with Gasteiger partial charge in [-0.3, -0.25) is 0 Å². The van der Waals surface area contributed by atoms with Crippen LogP contribution in [0.5, 0.6) is 0 Å². The molecule has 1 aliphatic rings. The number of rotatable bonds is 6. The van der Waals surface area contributed by atoms with Gasteiger partial charge in [0.2, 0.25) is 5.95 Å². The minimum Gasteiger partial charge on any atom is -0.395 e. The van der Waals surface area contributed by atoms with Crippen LogP contribution in [0.3, 0.4) is 0 Å². The average molecular weight is 266 g/mol. The number of aliphatic hydroxyl groups is 2. The minimum atomic E-state index is 0.0251. The predicted octanol–water partition coefficient (Wildman–Crippen LogP) is 0.258. The maximum absolute atomic E-state index is 9.05. The van der Waals surface area contributed by atoms with Gasteiger partial charge in [0.1, 0.15) is 5.82 Å². The van der Waals surface area contributed by atoms with Crippen LogP contribution in [-0.4, -0.2) is 59.6 Å². The van der Waals surface area contributed by atoms with E-state index in [1.54, 1.807) is 11.1 Å². The second-order valence-electron chi connectivity index (χ2n) is 4.70. The van der Waals surface area contributed by atoms with E-state index in [-0.39, 0.29) is 13.2 Å². The fourth-order valence-electron chi connectivity index (χ4n) is 2.34. The first-order chi connectivity index (χ1) is 9.35. The van der Waals surface area contributed by atoms with E-state index < -0.39 is 0 Å². The lowest BCUT2D eigenvalue weighted by molar-refractivity contribution is 0.280. The summed E-state index contributed by atoms with van der Waals surface area (Å²) in [5.41, 5.74) is 0. The number of nitrogens with zero attached hydrogens (tertiary/aromatic N) is 4. The second kappa shape index (κ2) is 7.25. The molecule has 0 atom stereocenters. The average Bonchev–Trinajstić information content (AvgIpc) is 2.48. The zero-order chi connectivity index (χ0) is 13.5. The van der Waals surface area contributed by atoms with Crippen molar-refractivity contribution in [3.05, 3.63) is 12.3 Å². The molecule has 2 rings (SSSR count). The lowest BCUT2D eigenvalue weighted by Gasteiger charge is -2.29. The molecule has 0 aromatic carbocycles. The quantitative estimate of drug-likeness (QED) is 0.769. The van der Waals surface area contributed by atoms with Gasteiger partial charge in [-0.25, -0.2) is 4.98 Å². The molecule has 1 aromatic rings. The molecule has 2 heterocycles. The van der Waals surface area contributed by atoms with Crippen LogP contribution in [0.2, 0.25) is 0 Å². The molecular formula is C13H22N4O2. The Hall–Kier alpha value is -1.40. The third-order valence-electron chi connectivity index (χ3n) is 3.33. The van der Waals surface area contributed by atoms with Gasteiger partial charge in [0, 0.05) is 32.4 Å². The minimum absolute atomic E-state index is 0.0251. The maximum Gasteiger partial charge on any atom is 0.227 e. The van der Waals surface area contributed by atoms with E-state index in [1.165, 1.54) is 19.3 Å². The molecule has 19 heavy (non-hydrogen) atoms. The van der Waals surface area contributed by atoms with Crippen molar-refractivity contribution < 1.29 is 10.2 Å². The maximum atomic E-state index is 9.05. The zero-order valence-corrected chi connectivity index (χ0v) is 11.2. The first-order valence-electron chi connectivity index (χ1n) is 6.90. The van der Waals surface area contributed by atoms with Gasteiger partial charge in [-0.15, -0.1) is 0 Å². The first kappa shape index (κ1) is 14.0. The number of piperidine rings is 1. The van der Waals surface area contributed by atoms with Crippen LogP contribution < -0.4 is 9.80 Å². The van der Waals surface area contributed by atoms with Crippen molar-refractivity contribution >= 4 is 11.8 Å². The van der Waals surface area contributed by atoms with E-state index >= 15 is 0 Å². The van der Waals surface area contributed by atoms with Crippen LogP contribution >= 0.6 is 0 Å². The first-order valence-corrected chi connectivity index (χ1v) is 6.90. The molecule has 0 unspecified atom stereocenters. The number of hydrogen-bond acceptors (Lipinski definition) is 6. The van der Waals surface area contributed by atoms with Crippen LogP contribution in [-0.2, 0) is 0 Å². The largest absolute Gasteiger partial charge is 0.395 e. The molecule has 1 aromatic heterocycles. The molecule has 2 N–H and O–H groups in total. The standard InChI is InChI=1S/C13H22N4O2/c18-10-8-17(9-11-19)13-14-5-4-12(15-13)16-6-2-1-3-7-16/h4-5,18-19H,1-3,6-11H2. The van der Waals surface area contributed by atoms with Crippen molar-refractivity contribution in [1.29, 1.82) is 0 Å². The summed E-state index contributed by atoms with van der Waals surface area (Å²) in [4.78, 5) is 12.9. The summed E-state index contributed by atoms with van der Waals surface area (Å²) in [6.45, 7) is 3.00. The van der Waals surface area contributed by atoms with Crippen LogP contribution in [0.25, 0.3) is 0 Å². The summed E-state index contributed by atoms with van der Waals surface area (Å²) in [5.74, 6) is 1.51. The van der Waals surface area contributed by atoms with Gasteiger partial charge in [0.25, 0.3) is 0 Å². The van der Waals surface area contributed by atoms with E-state index in [2.05, 4.69) is 14.9 Å². The monoisotopic (exact) mass is 266 g/mol. The molecule has 0 bridgehead atoms. The Bertz CT molecular complexity index is 377. The van der Waals surface area contributed by atoms with E-state index in [1.807, 2.05) is 6.07 Å². The van der Waals surface area contributed by atoms with Crippen molar-refractivity contribution in [3.63, 3.8) is 0 Å². The van der Waals surface area contributed by atoms with Crippen LogP contribution in [0.4, 0.5) is 11.8 Å². The van der Waals surface area contributed by atoms with Gasteiger partial charge < -0.3 is 20.0 Å². The van der Waals surface area contributed by atoms with Gasteiger partial charge >= 0.3 is 0 Å². The highest BCUT2D eigenvalue weighted by molar-refractivity contribution is 5.44. The van der Waals surface area contributed by atoms with Crippen molar-refractivity contribution in [2.24, 2.45) is 0 Å². The molecule has 1 saturated heterocycles. The second-order valence-corrected chi connectivity index (χ2v) is 4.70. The number of hydrogen-bond donors (Lipinski definition) is 2. The lowest BCUT2D eigenvalue weighted by atomic mass is 10.1. The van der Waals surface area contributed by atoms with E-state index in [0.29, 0.717) is 19.0 Å². The van der Waals surface area contributed by atoms with Crippen molar-refractivity contribution in [3.8, 4) is 0 Å². The third kappa shape index (κ3) is 3.78. The predicted molar refractivity (Wildman–Crippen MR) is 74.5 cm³/mol. The summed E-state index contributed by atoms with van der Waals surface area (Å²) >= 11 is 0. The van der Waals surface area contributed by atoms with Gasteiger partial charge in [-0.2, -0.15) is 4.98 Å². The Labute approximate surface area is 113 Å². The lowest BCUT2D eigenvalue weighted by Crippen LogP contribution is -2.33. The summed E-state index contributed by atoms with van der Waals surface area (Å²) in [7, 11) is 0. The molecular weight excluding hydrogens is 244 g/mol. The molecule has 0 spiro atoms. The van der Waals surface area contributed by atoms with Crippen molar-refractivity contribution in [2.45, 2.75) is 19.3 Å². The highest BCUT2D eigenvalue weighted by atomic mass is 16.3. The number of aromatic nitrogens is 2. The Kier molecular flexibility index (Phi) is 5.35. The SMILES string of the molecule is OCCN(CCO)c1nccc(N2CCCCC2)n1. The molecule has 0 amide bonds. The number of anilines is 2. The number of aliphatic hydroxyl groups excluding tert-OH is 2. The van der Waals surface area contributed by atoms with E-state index in [4.69, 9.17) is 10.2 Å². The van der Waals surface area contributed by atoms with E-state index in [9.17, 15) is 0 Å². The van der Waals surface area contributed by atoms with Gasteiger partial charge in [0.05, 0.1) is 13.2 Å². The van der Waals surface area contributed by atoms with Crippen LogP contribution in [0, 0.1) is 0 Å².